The number of allylic oxidation sites excluding steroid dienone is 6. The van der Waals surface area contributed by atoms with E-state index in [1.54, 1.807) is 5.57 Å². The van der Waals surface area contributed by atoms with Gasteiger partial charge in [-0.15, -0.1) is 0 Å². The van der Waals surface area contributed by atoms with Gasteiger partial charge in [-0.25, -0.2) is 0 Å². The summed E-state index contributed by atoms with van der Waals surface area (Å²) in [5.41, 5.74) is 3.14. The third kappa shape index (κ3) is 0.942. The van der Waals surface area contributed by atoms with Gasteiger partial charge in [-0.3, -0.25) is 0 Å². The normalized spacial score (nSPS) is 23.2. The average molecular weight is 132 g/mol. The Morgan fingerprint density at radius 2 is 1.70 bits per heavy atom. The molecule has 0 heterocycles. The van der Waals surface area contributed by atoms with Crippen LogP contribution in [0.4, 0.5) is 0 Å². The van der Waals surface area contributed by atoms with E-state index in [0.717, 1.165) is 6.42 Å². The van der Waals surface area contributed by atoms with Crippen LogP contribution in [0.25, 0.3) is 0 Å². The summed E-state index contributed by atoms with van der Waals surface area (Å²) in [5, 5.41) is 0. The molecule has 2 aliphatic rings. The number of rotatable bonds is 0. The fourth-order valence-corrected chi connectivity index (χ4v) is 1.40. The maximum absolute atomic E-state index is 2.26. The van der Waals surface area contributed by atoms with Crippen LogP contribution < -0.4 is 0 Å². The van der Waals surface area contributed by atoms with Crippen molar-refractivity contribution in [2.24, 2.45) is 0 Å². The first-order valence-electron chi connectivity index (χ1n) is 4.02. The van der Waals surface area contributed by atoms with Crippen molar-refractivity contribution >= 4 is 0 Å². The molecule has 0 spiro atoms. The summed E-state index contributed by atoms with van der Waals surface area (Å²) in [5.74, 6) is 0. The predicted octanol–water partition coefficient (Wildman–Crippen LogP) is 2.98. The zero-order chi connectivity index (χ0) is 6.81. The van der Waals surface area contributed by atoms with Gasteiger partial charge in [0.25, 0.3) is 0 Å². The van der Waals surface area contributed by atoms with Crippen LogP contribution in [0.3, 0.4) is 0 Å². The summed E-state index contributed by atoms with van der Waals surface area (Å²) in [6.07, 6.45) is 14.2. The molecule has 1 saturated carbocycles. The minimum Gasteiger partial charge on any atom is -0.0801 e. The second-order valence-electron chi connectivity index (χ2n) is 2.95. The molecule has 0 N–H and O–H groups in total. The van der Waals surface area contributed by atoms with Crippen LogP contribution in [0.1, 0.15) is 25.7 Å². The Balaban J connectivity index is 2.22. The van der Waals surface area contributed by atoms with Gasteiger partial charge >= 0.3 is 0 Å². The quantitative estimate of drug-likeness (QED) is 0.475. The van der Waals surface area contributed by atoms with Crippen molar-refractivity contribution in [3.63, 3.8) is 0 Å². The molecular weight excluding hydrogens is 120 g/mol. The van der Waals surface area contributed by atoms with Crippen molar-refractivity contribution in [3.05, 3.63) is 35.5 Å². The Morgan fingerprint density at radius 3 is 2.20 bits per heavy atom. The van der Waals surface area contributed by atoms with Gasteiger partial charge in [0.15, 0.2) is 0 Å². The van der Waals surface area contributed by atoms with E-state index in [0.29, 0.717) is 0 Å². The van der Waals surface area contributed by atoms with Crippen molar-refractivity contribution in [1.29, 1.82) is 0 Å². The standard InChI is InChI=1S/C10H12/c1-2-5-9(6-3-1)10-7-4-8-10/h2-3,5-6H,1,4,7-8H2. The van der Waals surface area contributed by atoms with Crippen LogP contribution in [0.15, 0.2) is 35.5 Å². The lowest BCUT2D eigenvalue weighted by Gasteiger charge is -2.19. The van der Waals surface area contributed by atoms with E-state index in [2.05, 4.69) is 24.3 Å². The van der Waals surface area contributed by atoms with Crippen LogP contribution in [-0.4, -0.2) is 0 Å². The van der Waals surface area contributed by atoms with Crippen LogP contribution >= 0.6 is 0 Å². The SMILES string of the molecule is C1=CC(=C2CCC2)C=CC1. The molecule has 0 bridgehead atoms. The molecule has 0 heteroatoms. The third-order valence-electron chi connectivity index (χ3n) is 2.23. The summed E-state index contributed by atoms with van der Waals surface area (Å²) in [6, 6.07) is 0. The Labute approximate surface area is 61.9 Å². The molecule has 0 atom stereocenters. The summed E-state index contributed by atoms with van der Waals surface area (Å²) >= 11 is 0. The molecule has 2 rings (SSSR count). The summed E-state index contributed by atoms with van der Waals surface area (Å²) in [6.45, 7) is 0. The Hall–Kier alpha value is -0.780. The molecule has 0 nitrogen and oxygen atoms in total. The minimum atomic E-state index is 1.12. The highest BCUT2D eigenvalue weighted by Gasteiger charge is 2.11. The molecule has 1 fully saturated rings. The van der Waals surface area contributed by atoms with Crippen molar-refractivity contribution in [2.45, 2.75) is 25.7 Å². The molecule has 10 heavy (non-hydrogen) atoms. The second kappa shape index (κ2) is 2.45. The lowest BCUT2D eigenvalue weighted by Crippen LogP contribution is -2.00. The lowest BCUT2D eigenvalue weighted by atomic mass is 9.86. The van der Waals surface area contributed by atoms with Gasteiger partial charge in [0.05, 0.1) is 0 Å². The van der Waals surface area contributed by atoms with Gasteiger partial charge in [-0.1, -0.05) is 29.9 Å². The van der Waals surface area contributed by atoms with Crippen LogP contribution in [0.5, 0.6) is 0 Å². The maximum Gasteiger partial charge on any atom is -0.0163 e. The molecule has 0 aliphatic heterocycles. The average Bonchev–Trinajstić information content (AvgIpc) is 1.86. The van der Waals surface area contributed by atoms with Crippen LogP contribution in [0, 0.1) is 0 Å². The monoisotopic (exact) mass is 132 g/mol. The van der Waals surface area contributed by atoms with Gasteiger partial charge in [-0.2, -0.15) is 0 Å². The maximum atomic E-state index is 2.26. The highest BCUT2D eigenvalue weighted by Crippen LogP contribution is 2.30. The molecule has 52 valence electrons. The number of hydrogen-bond donors (Lipinski definition) is 0. The van der Waals surface area contributed by atoms with Gasteiger partial charge in [0.2, 0.25) is 0 Å². The van der Waals surface area contributed by atoms with E-state index in [9.17, 15) is 0 Å². The summed E-state index contributed by atoms with van der Waals surface area (Å²) < 4.78 is 0. The van der Waals surface area contributed by atoms with Crippen LogP contribution in [0.2, 0.25) is 0 Å². The predicted molar refractivity (Wildman–Crippen MR) is 43.8 cm³/mol. The molecule has 0 saturated heterocycles. The molecule has 0 unspecified atom stereocenters. The largest absolute Gasteiger partial charge is 0.0801 e. The molecule has 0 amide bonds. The third-order valence-corrected chi connectivity index (χ3v) is 2.23. The van der Waals surface area contributed by atoms with E-state index < -0.39 is 0 Å². The van der Waals surface area contributed by atoms with E-state index in [-0.39, 0.29) is 0 Å². The van der Waals surface area contributed by atoms with Crippen molar-refractivity contribution in [3.8, 4) is 0 Å². The van der Waals surface area contributed by atoms with Gasteiger partial charge in [0.1, 0.15) is 0 Å². The van der Waals surface area contributed by atoms with E-state index in [4.69, 9.17) is 0 Å². The molecule has 2 aliphatic carbocycles. The molecule has 0 aromatic carbocycles. The van der Waals surface area contributed by atoms with E-state index in [1.165, 1.54) is 24.8 Å². The topological polar surface area (TPSA) is 0 Å². The smallest absolute Gasteiger partial charge is 0.0163 e. The zero-order valence-corrected chi connectivity index (χ0v) is 6.14. The molecule has 0 aromatic rings. The first-order valence-corrected chi connectivity index (χ1v) is 4.02. The van der Waals surface area contributed by atoms with Crippen molar-refractivity contribution in [1.82, 2.24) is 0 Å². The van der Waals surface area contributed by atoms with Crippen molar-refractivity contribution < 1.29 is 0 Å². The van der Waals surface area contributed by atoms with Gasteiger partial charge in [0, 0.05) is 0 Å². The summed E-state index contributed by atoms with van der Waals surface area (Å²) in [4.78, 5) is 0. The van der Waals surface area contributed by atoms with E-state index in [1.807, 2.05) is 0 Å². The zero-order valence-electron chi connectivity index (χ0n) is 6.14. The highest BCUT2D eigenvalue weighted by atomic mass is 14.2. The van der Waals surface area contributed by atoms with Crippen molar-refractivity contribution in [2.75, 3.05) is 0 Å². The molecule has 0 radical (unpaired) electrons. The van der Waals surface area contributed by atoms with E-state index >= 15 is 0 Å². The Kier molecular flexibility index (Phi) is 1.46. The Morgan fingerprint density at radius 1 is 1.00 bits per heavy atom. The fraction of sp³-hybridized carbons (Fsp3) is 0.400. The molecule has 0 aromatic heterocycles. The van der Waals surface area contributed by atoms with Gasteiger partial charge in [-0.05, 0) is 31.3 Å². The van der Waals surface area contributed by atoms with Gasteiger partial charge < -0.3 is 0 Å². The summed E-state index contributed by atoms with van der Waals surface area (Å²) in [7, 11) is 0. The minimum absolute atomic E-state index is 1.12. The molecular formula is C10H12. The number of hydrogen-bond acceptors (Lipinski definition) is 0. The Bertz CT molecular complexity index is 196. The fourth-order valence-electron chi connectivity index (χ4n) is 1.40. The first-order chi connectivity index (χ1) is 4.97. The highest BCUT2D eigenvalue weighted by molar-refractivity contribution is 5.40. The van der Waals surface area contributed by atoms with Crippen LogP contribution in [-0.2, 0) is 0 Å². The lowest BCUT2D eigenvalue weighted by molar-refractivity contribution is 0.657. The second-order valence-corrected chi connectivity index (χ2v) is 2.95. The first kappa shape index (κ1) is 5.96.